The van der Waals surface area contributed by atoms with Crippen LogP contribution in [0.4, 0.5) is 16.5 Å². The van der Waals surface area contributed by atoms with E-state index in [4.69, 9.17) is 0 Å². The van der Waals surface area contributed by atoms with Crippen LogP contribution in [0.5, 0.6) is 0 Å². The monoisotopic (exact) mass is 351 g/mol. The second-order valence-corrected chi connectivity index (χ2v) is 6.96. The van der Waals surface area contributed by atoms with Crippen molar-refractivity contribution in [3.8, 4) is 0 Å². The van der Waals surface area contributed by atoms with Crippen LogP contribution in [0.2, 0.25) is 0 Å². The molecule has 0 radical (unpaired) electrons. The van der Waals surface area contributed by atoms with Gasteiger partial charge in [0, 0.05) is 11.4 Å². The number of carbonyl (C=O) groups excluding carboxylic acids is 1. The number of para-hydroxylation sites is 1. The lowest BCUT2D eigenvalue weighted by Crippen LogP contribution is -2.12. The minimum absolute atomic E-state index is 0.134. The van der Waals surface area contributed by atoms with Gasteiger partial charge in [0.05, 0.1) is 6.20 Å². The molecule has 0 fully saturated rings. The summed E-state index contributed by atoms with van der Waals surface area (Å²) in [5.41, 5.74) is 5.20. The smallest absolute Gasteiger partial charge is 0.267 e. The third-order valence-electron chi connectivity index (χ3n) is 4.04. The summed E-state index contributed by atoms with van der Waals surface area (Å²) in [6.07, 6.45) is 2.59. The van der Waals surface area contributed by atoms with Gasteiger partial charge < -0.3 is 10.6 Å². The molecule has 3 aromatic rings. The molecule has 128 valence electrons. The second kappa shape index (κ2) is 7.49. The van der Waals surface area contributed by atoms with Gasteiger partial charge in [-0.1, -0.05) is 48.6 Å². The van der Waals surface area contributed by atoms with Crippen molar-refractivity contribution < 1.29 is 4.79 Å². The molecule has 0 spiro atoms. The molecule has 1 heterocycles. The van der Waals surface area contributed by atoms with Gasteiger partial charge in [0.15, 0.2) is 5.13 Å². The van der Waals surface area contributed by atoms with Crippen molar-refractivity contribution in [2.24, 2.45) is 0 Å². The van der Waals surface area contributed by atoms with E-state index in [0.29, 0.717) is 10.0 Å². The molecule has 3 rings (SSSR count). The average molecular weight is 351 g/mol. The van der Waals surface area contributed by atoms with E-state index in [-0.39, 0.29) is 5.91 Å². The standard InChI is InChI=1S/C20H21N3OS/c1-4-15-9-6-10-16(11-15)22-20-21-12-17(25-20)19(24)23-18-13(2)7-5-8-14(18)3/h5-12H,4H2,1-3H3,(H,21,22)(H,23,24). The van der Waals surface area contributed by atoms with Gasteiger partial charge in [-0.05, 0) is 49.1 Å². The van der Waals surface area contributed by atoms with Gasteiger partial charge in [0.25, 0.3) is 5.91 Å². The Balaban J connectivity index is 1.73. The van der Waals surface area contributed by atoms with E-state index in [0.717, 1.165) is 28.9 Å². The number of carbonyl (C=O) groups is 1. The summed E-state index contributed by atoms with van der Waals surface area (Å²) >= 11 is 1.35. The lowest BCUT2D eigenvalue weighted by Gasteiger charge is -2.10. The molecule has 0 aliphatic heterocycles. The third-order valence-corrected chi connectivity index (χ3v) is 4.95. The zero-order chi connectivity index (χ0) is 17.8. The van der Waals surface area contributed by atoms with Crippen LogP contribution in [0.3, 0.4) is 0 Å². The Morgan fingerprint density at radius 1 is 1.12 bits per heavy atom. The van der Waals surface area contributed by atoms with E-state index in [1.54, 1.807) is 6.20 Å². The Morgan fingerprint density at radius 2 is 1.84 bits per heavy atom. The predicted molar refractivity (Wildman–Crippen MR) is 105 cm³/mol. The van der Waals surface area contributed by atoms with E-state index in [9.17, 15) is 4.79 Å². The molecule has 0 saturated heterocycles. The van der Waals surface area contributed by atoms with E-state index in [1.165, 1.54) is 16.9 Å². The Labute approximate surface area is 151 Å². The number of nitrogens with one attached hydrogen (secondary N) is 2. The molecular weight excluding hydrogens is 330 g/mol. The molecule has 2 N–H and O–H groups in total. The summed E-state index contributed by atoms with van der Waals surface area (Å²) in [4.78, 5) is 17.4. The van der Waals surface area contributed by atoms with Crippen molar-refractivity contribution in [1.82, 2.24) is 4.98 Å². The summed E-state index contributed by atoms with van der Waals surface area (Å²) in [7, 11) is 0. The van der Waals surface area contributed by atoms with Crippen molar-refractivity contribution in [2.75, 3.05) is 10.6 Å². The average Bonchev–Trinajstić information content (AvgIpc) is 3.07. The molecule has 2 aromatic carbocycles. The quantitative estimate of drug-likeness (QED) is 0.654. The van der Waals surface area contributed by atoms with Crippen molar-refractivity contribution in [3.63, 3.8) is 0 Å². The molecule has 0 aliphatic rings. The van der Waals surface area contributed by atoms with Crippen LogP contribution in [0.1, 0.15) is 33.3 Å². The molecule has 4 nitrogen and oxygen atoms in total. The first kappa shape index (κ1) is 17.2. The van der Waals surface area contributed by atoms with Gasteiger partial charge >= 0.3 is 0 Å². The minimum Gasteiger partial charge on any atom is -0.332 e. The van der Waals surface area contributed by atoms with Gasteiger partial charge in [-0.3, -0.25) is 4.79 Å². The Morgan fingerprint density at radius 3 is 2.56 bits per heavy atom. The molecule has 25 heavy (non-hydrogen) atoms. The van der Waals surface area contributed by atoms with Crippen LogP contribution in [-0.4, -0.2) is 10.9 Å². The topological polar surface area (TPSA) is 54.0 Å². The Hall–Kier alpha value is -2.66. The summed E-state index contributed by atoms with van der Waals surface area (Å²) < 4.78 is 0. The highest BCUT2D eigenvalue weighted by Crippen LogP contribution is 2.25. The molecule has 5 heteroatoms. The van der Waals surface area contributed by atoms with Crippen LogP contribution in [0.15, 0.2) is 48.7 Å². The predicted octanol–water partition coefficient (Wildman–Crippen LogP) is 5.32. The number of hydrogen-bond donors (Lipinski definition) is 2. The zero-order valence-electron chi connectivity index (χ0n) is 14.6. The fourth-order valence-electron chi connectivity index (χ4n) is 2.62. The first-order valence-electron chi connectivity index (χ1n) is 8.26. The number of thiazole rings is 1. The van der Waals surface area contributed by atoms with Gasteiger partial charge in [-0.2, -0.15) is 0 Å². The van der Waals surface area contributed by atoms with Crippen molar-refractivity contribution in [3.05, 3.63) is 70.2 Å². The van der Waals surface area contributed by atoms with Gasteiger partial charge in [0.1, 0.15) is 4.88 Å². The normalized spacial score (nSPS) is 10.5. The maximum Gasteiger partial charge on any atom is 0.267 e. The van der Waals surface area contributed by atoms with Gasteiger partial charge in [-0.25, -0.2) is 4.98 Å². The van der Waals surface area contributed by atoms with Crippen LogP contribution >= 0.6 is 11.3 Å². The number of rotatable bonds is 5. The maximum atomic E-state index is 12.5. The Kier molecular flexibility index (Phi) is 5.14. The number of benzene rings is 2. The summed E-state index contributed by atoms with van der Waals surface area (Å²) in [5, 5.41) is 6.97. The number of hydrogen-bond acceptors (Lipinski definition) is 4. The number of anilines is 3. The largest absolute Gasteiger partial charge is 0.332 e. The maximum absolute atomic E-state index is 12.5. The van der Waals surface area contributed by atoms with Gasteiger partial charge in [-0.15, -0.1) is 0 Å². The van der Waals surface area contributed by atoms with Crippen LogP contribution in [0.25, 0.3) is 0 Å². The third kappa shape index (κ3) is 4.06. The summed E-state index contributed by atoms with van der Waals surface area (Å²) in [6.45, 7) is 6.10. The van der Waals surface area contributed by atoms with E-state index in [1.807, 2.05) is 44.2 Å². The zero-order valence-corrected chi connectivity index (χ0v) is 15.4. The number of amides is 1. The highest BCUT2D eigenvalue weighted by Gasteiger charge is 2.13. The van der Waals surface area contributed by atoms with Crippen molar-refractivity contribution in [2.45, 2.75) is 27.2 Å². The fraction of sp³-hybridized carbons (Fsp3) is 0.200. The number of aryl methyl sites for hydroxylation is 3. The molecule has 0 bridgehead atoms. The van der Waals surface area contributed by atoms with E-state index >= 15 is 0 Å². The molecule has 0 aliphatic carbocycles. The van der Waals surface area contributed by atoms with Crippen molar-refractivity contribution >= 4 is 33.8 Å². The first-order valence-corrected chi connectivity index (χ1v) is 9.08. The van der Waals surface area contributed by atoms with Crippen LogP contribution in [-0.2, 0) is 6.42 Å². The van der Waals surface area contributed by atoms with Crippen LogP contribution < -0.4 is 10.6 Å². The minimum atomic E-state index is -0.134. The van der Waals surface area contributed by atoms with E-state index < -0.39 is 0 Å². The summed E-state index contributed by atoms with van der Waals surface area (Å²) in [5.74, 6) is -0.134. The number of aromatic nitrogens is 1. The molecule has 0 unspecified atom stereocenters. The van der Waals surface area contributed by atoms with E-state index in [2.05, 4.69) is 34.7 Å². The molecule has 0 atom stereocenters. The first-order chi connectivity index (χ1) is 12.1. The second-order valence-electron chi connectivity index (χ2n) is 5.93. The molecular formula is C20H21N3OS. The fourth-order valence-corrected chi connectivity index (χ4v) is 3.35. The van der Waals surface area contributed by atoms with Crippen molar-refractivity contribution in [1.29, 1.82) is 0 Å². The highest BCUT2D eigenvalue weighted by atomic mass is 32.1. The number of nitrogens with zero attached hydrogens (tertiary/aromatic N) is 1. The Bertz CT molecular complexity index is 881. The van der Waals surface area contributed by atoms with Crippen LogP contribution in [0, 0.1) is 13.8 Å². The molecule has 1 aromatic heterocycles. The lowest BCUT2D eigenvalue weighted by molar-refractivity contribution is 0.103. The molecule has 0 saturated carbocycles. The summed E-state index contributed by atoms with van der Waals surface area (Å²) in [6, 6.07) is 14.2. The SMILES string of the molecule is CCc1cccc(Nc2ncc(C(=O)Nc3c(C)cccc3C)s2)c1. The molecule has 1 amide bonds. The lowest BCUT2D eigenvalue weighted by atomic mass is 10.1. The highest BCUT2D eigenvalue weighted by molar-refractivity contribution is 7.17. The van der Waals surface area contributed by atoms with Gasteiger partial charge in [0.2, 0.25) is 0 Å².